The number of nitrogens with one attached hydrogen (secondary N) is 2. The lowest BCUT2D eigenvalue weighted by Gasteiger charge is -2.28. The quantitative estimate of drug-likeness (QED) is 0.703. The summed E-state index contributed by atoms with van der Waals surface area (Å²) in [6.07, 6.45) is 2.37. The number of aliphatic hydroxyl groups excluding tert-OH is 1. The molecule has 0 bridgehead atoms. The van der Waals surface area contributed by atoms with Crippen LogP contribution in [0.2, 0.25) is 0 Å². The number of hydrogen-bond donors (Lipinski definition) is 3. The number of ether oxygens (including phenoxy) is 1. The molecule has 4 rings (SSSR count). The van der Waals surface area contributed by atoms with E-state index < -0.39 is 0 Å². The van der Waals surface area contributed by atoms with Crippen LogP contribution in [0, 0.1) is 0 Å². The van der Waals surface area contributed by atoms with Crippen molar-refractivity contribution >= 4 is 23.1 Å². The van der Waals surface area contributed by atoms with Crippen LogP contribution < -0.4 is 15.5 Å². The van der Waals surface area contributed by atoms with Crippen LogP contribution in [0.15, 0.2) is 30.3 Å². The van der Waals surface area contributed by atoms with Gasteiger partial charge in [0.2, 0.25) is 5.95 Å². The molecule has 1 saturated heterocycles. The molecule has 3 N–H and O–H groups in total. The summed E-state index contributed by atoms with van der Waals surface area (Å²) in [7, 11) is 0. The second kappa shape index (κ2) is 7.88. The second-order valence-corrected chi connectivity index (χ2v) is 6.70. The molecule has 1 aromatic carbocycles. The molecular formula is C19H25N5O2. The monoisotopic (exact) mass is 355 g/mol. The Morgan fingerprint density at radius 2 is 1.88 bits per heavy atom. The Morgan fingerprint density at radius 3 is 2.58 bits per heavy atom. The van der Waals surface area contributed by atoms with Crippen LogP contribution in [0.5, 0.6) is 0 Å². The van der Waals surface area contributed by atoms with Crippen molar-refractivity contribution in [2.45, 2.75) is 18.8 Å². The van der Waals surface area contributed by atoms with Crippen molar-refractivity contribution in [1.82, 2.24) is 9.97 Å². The molecule has 7 heteroatoms. The zero-order valence-electron chi connectivity index (χ0n) is 14.8. The number of rotatable bonds is 7. The summed E-state index contributed by atoms with van der Waals surface area (Å²) < 4.78 is 5.41. The molecule has 1 aliphatic carbocycles. The Bertz CT molecular complexity index is 727. The van der Waals surface area contributed by atoms with Gasteiger partial charge in [-0.2, -0.15) is 4.98 Å². The Morgan fingerprint density at radius 1 is 1.12 bits per heavy atom. The van der Waals surface area contributed by atoms with Gasteiger partial charge >= 0.3 is 0 Å². The zero-order valence-corrected chi connectivity index (χ0v) is 14.8. The van der Waals surface area contributed by atoms with Gasteiger partial charge in [-0.25, -0.2) is 4.98 Å². The predicted molar refractivity (Wildman–Crippen MR) is 102 cm³/mol. The number of hydrogen-bond acceptors (Lipinski definition) is 7. The van der Waals surface area contributed by atoms with Gasteiger partial charge in [-0.3, -0.25) is 0 Å². The topological polar surface area (TPSA) is 82.5 Å². The van der Waals surface area contributed by atoms with Crippen LogP contribution in [0.3, 0.4) is 0 Å². The normalized spacial score (nSPS) is 17.2. The molecule has 2 fully saturated rings. The van der Waals surface area contributed by atoms with Crippen LogP contribution in [-0.2, 0) is 4.74 Å². The minimum Gasteiger partial charge on any atom is -0.395 e. The molecule has 0 radical (unpaired) electrons. The van der Waals surface area contributed by atoms with Crippen LogP contribution in [0.25, 0.3) is 0 Å². The third kappa shape index (κ3) is 4.23. The summed E-state index contributed by atoms with van der Waals surface area (Å²) in [6.45, 7) is 3.94. The first kappa shape index (κ1) is 17.1. The number of aliphatic hydroxyl groups is 1. The first-order valence-electron chi connectivity index (χ1n) is 9.25. The van der Waals surface area contributed by atoms with Crippen molar-refractivity contribution < 1.29 is 9.84 Å². The number of morpholine rings is 1. The molecule has 1 saturated carbocycles. The van der Waals surface area contributed by atoms with Gasteiger partial charge in [0, 0.05) is 43.0 Å². The van der Waals surface area contributed by atoms with Crippen molar-refractivity contribution in [2.75, 3.05) is 55.0 Å². The Kier molecular flexibility index (Phi) is 5.17. The SMILES string of the molecule is OCCNc1nc(Nc2ccc(N3CCOCC3)cc2)cc(C2CC2)n1. The van der Waals surface area contributed by atoms with Crippen molar-refractivity contribution in [3.8, 4) is 0 Å². The fraction of sp³-hybridized carbons (Fsp3) is 0.474. The van der Waals surface area contributed by atoms with E-state index in [-0.39, 0.29) is 6.61 Å². The van der Waals surface area contributed by atoms with Gasteiger partial charge in [0.1, 0.15) is 5.82 Å². The van der Waals surface area contributed by atoms with Crippen molar-refractivity contribution in [2.24, 2.45) is 0 Å². The minimum atomic E-state index is 0.0583. The van der Waals surface area contributed by atoms with Gasteiger partial charge in [0.05, 0.1) is 25.5 Å². The van der Waals surface area contributed by atoms with Gasteiger partial charge in [0.25, 0.3) is 0 Å². The molecule has 0 spiro atoms. The van der Waals surface area contributed by atoms with Crippen molar-refractivity contribution in [3.05, 3.63) is 36.0 Å². The maximum atomic E-state index is 9.01. The third-order valence-electron chi connectivity index (χ3n) is 4.65. The summed E-state index contributed by atoms with van der Waals surface area (Å²) >= 11 is 0. The smallest absolute Gasteiger partial charge is 0.224 e. The average Bonchev–Trinajstić information content (AvgIpc) is 3.53. The highest BCUT2D eigenvalue weighted by atomic mass is 16.5. The van der Waals surface area contributed by atoms with E-state index in [4.69, 9.17) is 9.84 Å². The maximum absolute atomic E-state index is 9.01. The second-order valence-electron chi connectivity index (χ2n) is 6.70. The summed E-state index contributed by atoms with van der Waals surface area (Å²) in [5.41, 5.74) is 3.27. The van der Waals surface area contributed by atoms with Gasteiger partial charge in [-0.05, 0) is 37.1 Å². The number of anilines is 4. The molecule has 0 unspecified atom stereocenters. The van der Waals surface area contributed by atoms with Gasteiger partial charge in [-0.1, -0.05) is 0 Å². The summed E-state index contributed by atoms with van der Waals surface area (Å²) in [5, 5.41) is 15.5. The zero-order chi connectivity index (χ0) is 17.8. The molecule has 1 aliphatic heterocycles. The Balaban J connectivity index is 1.48. The van der Waals surface area contributed by atoms with E-state index in [0.29, 0.717) is 18.4 Å². The van der Waals surface area contributed by atoms with Crippen LogP contribution >= 0.6 is 0 Å². The molecule has 138 valence electrons. The first-order valence-corrected chi connectivity index (χ1v) is 9.25. The van der Waals surface area contributed by atoms with Crippen LogP contribution in [0.4, 0.5) is 23.1 Å². The van der Waals surface area contributed by atoms with E-state index in [1.54, 1.807) is 0 Å². The van der Waals surface area contributed by atoms with E-state index in [1.807, 2.05) is 6.07 Å². The minimum absolute atomic E-state index is 0.0583. The van der Waals surface area contributed by atoms with Gasteiger partial charge < -0.3 is 25.4 Å². The first-order chi connectivity index (χ1) is 12.8. The highest BCUT2D eigenvalue weighted by Gasteiger charge is 2.26. The fourth-order valence-corrected chi connectivity index (χ4v) is 3.09. The van der Waals surface area contributed by atoms with Crippen molar-refractivity contribution in [3.63, 3.8) is 0 Å². The lowest BCUT2D eigenvalue weighted by molar-refractivity contribution is 0.122. The molecule has 7 nitrogen and oxygen atoms in total. The summed E-state index contributed by atoms with van der Waals surface area (Å²) in [4.78, 5) is 11.4. The van der Waals surface area contributed by atoms with Crippen molar-refractivity contribution in [1.29, 1.82) is 0 Å². The molecule has 26 heavy (non-hydrogen) atoms. The fourth-order valence-electron chi connectivity index (χ4n) is 3.09. The van der Waals surface area contributed by atoms with Gasteiger partial charge in [-0.15, -0.1) is 0 Å². The molecule has 0 amide bonds. The van der Waals surface area contributed by atoms with E-state index in [0.717, 1.165) is 43.5 Å². The molecule has 0 atom stereocenters. The number of benzene rings is 1. The van der Waals surface area contributed by atoms with Crippen LogP contribution in [0.1, 0.15) is 24.5 Å². The summed E-state index contributed by atoms with van der Waals surface area (Å²) in [6, 6.07) is 10.4. The third-order valence-corrected chi connectivity index (χ3v) is 4.65. The maximum Gasteiger partial charge on any atom is 0.224 e. The highest BCUT2D eigenvalue weighted by Crippen LogP contribution is 2.40. The van der Waals surface area contributed by atoms with Gasteiger partial charge in [0.15, 0.2) is 0 Å². The lowest BCUT2D eigenvalue weighted by Crippen LogP contribution is -2.36. The standard InChI is InChI=1S/C19H25N5O2/c25-10-7-20-19-22-17(14-1-2-14)13-18(23-19)21-15-3-5-16(6-4-15)24-8-11-26-12-9-24/h3-6,13-14,25H,1-2,7-12H2,(H2,20,21,22,23). The molecular weight excluding hydrogens is 330 g/mol. The van der Waals surface area contributed by atoms with E-state index in [9.17, 15) is 0 Å². The van der Waals surface area contributed by atoms with E-state index >= 15 is 0 Å². The predicted octanol–water partition coefficient (Wildman–Crippen LogP) is 2.34. The van der Waals surface area contributed by atoms with E-state index in [2.05, 4.69) is 49.8 Å². The Hall–Kier alpha value is -2.38. The molecule has 2 aromatic rings. The molecule has 2 heterocycles. The number of aromatic nitrogens is 2. The highest BCUT2D eigenvalue weighted by molar-refractivity contribution is 5.62. The largest absolute Gasteiger partial charge is 0.395 e. The summed E-state index contributed by atoms with van der Waals surface area (Å²) in [5.74, 6) is 1.88. The average molecular weight is 355 g/mol. The van der Waals surface area contributed by atoms with E-state index in [1.165, 1.54) is 18.5 Å². The molecule has 1 aromatic heterocycles. The Labute approximate surface area is 153 Å². The molecule has 2 aliphatic rings. The number of nitrogens with zero attached hydrogens (tertiary/aromatic N) is 3. The van der Waals surface area contributed by atoms with Crippen LogP contribution in [-0.4, -0.2) is 54.5 Å². The lowest BCUT2D eigenvalue weighted by atomic mass is 10.2.